The van der Waals surface area contributed by atoms with Gasteiger partial charge in [0, 0.05) is 18.2 Å². The summed E-state index contributed by atoms with van der Waals surface area (Å²) in [5.74, 6) is 0.957. The van der Waals surface area contributed by atoms with Gasteiger partial charge in [0.1, 0.15) is 0 Å². The number of nitrogens with one attached hydrogen (secondary N) is 2. The van der Waals surface area contributed by atoms with Gasteiger partial charge >= 0.3 is 0 Å². The lowest BCUT2D eigenvalue weighted by Crippen LogP contribution is -2.27. The highest BCUT2D eigenvalue weighted by Crippen LogP contribution is 2.37. The molecule has 18 heavy (non-hydrogen) atoms. The molecule has 1 atom stereocenters. The molecule has 0 bridgehead atoms. The van der Waals surface area contributed by atoms with Crippen LogP contribution in [0, 0.1) is 11.8 Å². The number of rotatable bonds is 3. The van der Waals surface area contributed by atoms with E-state index in [0.29, 0.717) is 5.92 Å². The van der Waals surface area contributed by atoms with E-state index in [2.05, 4.69) is 16.7 Å². The maximum absolute atomic E-state index is 12.2. The molecule has 0 radical (unpaired) electrons. The van der Waals surface area contributed by atoms with Crippen molar-refractivity contribution >= 4 is 11.6 Å². The predicted octanol–water partition coefficient (Wildman–Crippen LogP) is 2.32. The normalized spacial score (nSPS) is 20.1. The summed E-state index contributed by atoms with van der Waals surface area (Å²) in [6.07, 6.45) is 3.43. The lowest BCUT2D eigenvalue weighted by atomic mass is 9.98. The molecule has 1 aromatic rings. The zero-order valence-electron chi connectivity index (χ0n) is 10.8. The molecule has 1 saturated carbocycles. The van der Waals surface area contributed by atoms with Crippen LogP contribution in [0.1, 0.15) is 30.9 Å². The topological polar surface area (TPSA) is 41.1 Å². The van der Waals surface area contributed by atoms with Crippen LogP contribution in [0.2, 0.25) is 0 Å². The van der Waals surface area contributed by atoms with Gasteiger partial charge in [-0.2, -0.15) is 0 Å². The molecule has 3 nitrogen and oxygen atoms in total. The van der Waals surface area contributed by atoms with E-state index in [9.17, 15) is 4.79 Å². The zero-order valence-corrected chi connectivity index (χ0v) is 10.8. The van der Waals surface area contributed by atoms with Crippen LogP contribution in [0.4, 0.5) is 5.69 Å². The first-order chi connectivity index (χ1) is 8.75. The Bertz CT molecular complexity index is 466. The van der Waals surface area contributed by atoms with Gasteiger partial charge in [-0.25, -0.2) is 0 Å². The van der Waals surface area contributed by atoms with Crippen LogP contribution in [-0.2, 0) is 17.8 Å². The highest BCUT2D eigenvalue weighted by atomic mass is 16.1. The van der Waals surface area contributed by atoms with Gasteiger partial charge in [-0.3, -0.25) is 4.79 Å². The van der Waals surface area contributed by atoms with Crippen LogP contribution in [0.15, 0.2) is 18.2 Å². The smallest absolute Gasteiger partial charge is 0.227 e. The molecular weight excluding hydrogens is 224 g/mol. The first-order valence-corrected chi connectivity index (χ1v) is 6.88. The van der Waals surface area contributed by atoms with E-state index >= 15 is 0 Å². The van der Waals surface area contributed by atoms with Gasteiger partial charge in [0.05, 0.1) is 0 Å². The monoisotopic (exact) mass is 244 g/mol. The van der Waals surface area contributed by atoms with Gasteiger partial charge in [0.2, 0.25) is 5.91 Å². The molecule has 2 aliphatic rings. The summed E-state index contributed by atoms with van der Waals surface area (Å²) in [6, 6.07) is 6.20. The second-order valence-electron chi connectivity index (χ2n) is 5.49. The van der Waals surface area contributed by atoms with E-state index in [0.717, 1.165) is 25.2 Å². The standard InChI is InChI=1S/C15H20N2O/c1-10(11-5-6-11)15(18)17-14-4-2-3-12-9-16-8-7-13(12)14/h2-4,10-11,16H,5-9H2,1H3,(H,17,18). The van der Waals surface area contributed by atoms with Gasteiger partial charge in [-0.15, -0.1) is 0 Å². The fourth-order valence-electron chi connectivity index (χ4n) is 2.71. The van der Waals surface area contributed by atoms with Gasteiger partial charge < -0.3 is 10.6 Å². The number of carbonyl (C=O) groups excluding carboxylic acids is 1. The molecule has 1 amide bonds. The summed E-state index contributed by atoms with van der Waals surface area (Å²) in [5, 5.41) is 6.48. The van der Waals surface area contributed by atoms with E-state index in [1.165, 1.54) is 24.0 Å². The Kier molecular flexibility index (Phi) is 3.08. The summed E-state index contributed by atoms with van der Waals surface area (Å²) >= 11 is 0. The number of anilines is 1. The predicted molar refractivity (Wildman–Crippen MR) is 72.4 cm³/mol. The molecule has 1 aliphatic carbocycles. The quantitative estimate of drug-likeness (QED) is 0.856. The first-order valence-electron chi connectivity index (χ1n) is 6.88. The Labute approximate surface area is 108 Å². The van der Waals surface area contributed by atoms with Crippen molar-refractivity contribution in [3.63, 3.8) is 0 Å². The third-order valence-electron chi connectivity index (χ3n) is 4.14. The van der Waals surface area contributed by atoms with Crippen LogP contribution in [0.25, 0.3) is 0 Å². The molecule has 1 aliphatic heterocycles. The van der Waals surface area contributed by atoms with Gasteiger partial charge in [-0.05, 0) is 48.9 Å². The molecule has 3 rings (SSSR count). The molecule has 0 saturated heterocycles. The van der Waals surface area contributed by atoms with Gasteiger partial charge in [0.15, 0.2) is 0 Å². The molecule has 2 N–H and O–H groups in total. The van der Waals surface area contributed by atoms with Crippen molar-refractivity contribution in [1.82, 2.24) is 5.32 Å². The SMILES string of the molecule is CC(C(=O)Nc1cccc2c1CCNC2)C1CC1. The lowest BCUT2D eigenvalue weighted by molar-refractivity contribution is -0.119. The molecule has 1 heterocycles. The molecule has 0 aromatic heterocycles. The van der Waals surface area contributed by atoms with E-state index in [1.54, 1.807) is 0 Å². The van der Waals surface area contributed by atoms with Crippen LogP contribution >= 0.6 is 0 Å². The van der Waals surface area contributed by atoms with Crippen LogP contribution in [0.3, 0.4) is 0 Å². The highest BCUT2D eigenvalue weighted by molar-refractivity contribution is 5.93. The van der Waals surface area contributed by atoms with Crippen molar-refractivity contribution in [3.8, 4) is 0 Å². The minimum atomic E-state index is 0.155. The minimum absolute atomic E-state index is 0.155. The molecule has 3 heteroatoms. The van der Waals surface area contributed by atoms with Crippen molar-refractivity contribution in [2.75, 3.05) is 11.9 Å². The van der Waals surface area contributed by atoms with Crippen molar-refractivity contribution in [2.24, 2.45) is 11.8 Å². The lowest BCUT2D eigenvalue weighted by Gasteiger charge is -2.21. The fourth-order valence-corrected chi connectivity index (χ4v) is 2.71. The summed E-state index contributed by atoms with van der Waals surface area (Å²) in [5.41, 5.74) is 3.65. The highest BCUT2D eigenvalue weighted by Gasteiger charge is 2.32. The van der Waals surface area contributed by atoms with Gasteiger partial charge in [-0.1, -0.05) is 19.1 Å². The van der Waals surface area contributed by atoms with E-state index in [-0.39, 0.29) is 11.8 Å². The summed E-state index contributed by atoms with van der Waals surface area (Å²) in [4.78, 5) is 12.2. The molecular formula is C15H20N2O. The van der Waals surface area contributed by atoms with Crippen molar-refractivity contribution in [1.29, 1.82) is 0 Å². The number of carbonyl (C=O) groups is 1. The fraction of sp³-hybridized carbons (Fsp3) is 0.533. The van der Waals surface area contributed by atoms with Crippen molar-refractivity contribution < 1.29 is 4.79 Å². The van der Waals surface area contributed by atoms with E-state index in [4.69, 9.17) is 0 Å². The summed E-state index contributed by atoms with van der Waals surface area (Å²) in [7, 11) is 0. The van der Waals surface area contributed by atoms with Crippen LogP contribution in [-0.4, -0.2) is 12.5 Å². The van der Waals surface area contributed by atoms with Gasteiger partial charge in [0.25, 0.3) is 0 Å². The Morgan fingerprint density at radius 3 is 3.06 bits per heavy atom. The number of fused-ring (bicyclic) bond motifs is 1. The Morgan fingerprint density at radius 1 is 1.44 bits per heavy atom. The van der Waals surface area contributed by atoms with Crippen LogP contribution in [0.5, 0.6) is 0 Å². The Morgan fingerprint density at radius 2 is 2.28 bits per heavy atom. The first kappa shape index (κ1) is 11.7. The minimum Gasteiger partial charge on any atom is -0.326 e. The molecule has 1 fully saturated rings. The molecule has 1 aromatic carbocycles. The average Bonchev–Trinajstić information content (AvgIpc) is 3.22. The maximum atomic E-state index is 12.2. The third kappa shape index (κ3) is 2.27. The zero-order chi connectivity index (χ0) is 12.5. The Hall–Kier alpha value is -1.35. The third-order valence-corrected chi connectivity index (χ3v) is 4.14. The number of amides is 1. The number of hydrogen-bond acceptors (Lipinski definition) is 2. The average molecular weight is 244 g/mol. The molecule has 0 spiro atoms. The molecule has 1 unspecified atom stereocenters. The van der Waals surface area contributed by atoms with Crippen molar-refractivity contribution in [2.45, 2.75) is 32.7 Å². The van der Waals surface area contributed by atoms with E-state index in [1.807, 2.05) is 19.1 Å². The number of benzene rings is 1. The second kappa shape index (κ2) is 4.73. The van der Waals surface area contributed by atoms with E-state index < -0.39 is 0 Å². The Balaban J connectivity index is 1.77. The second-order valence-corrected chi connectivity index (χ2v) is 5.49. The summed E-state index contributed by atoms with van der Waals surface area (Å²) in [6.45, 7) is 3.96. The summed E-state index contributed by atoms with van der Waals surface area (Å²) < 4.78 is 0. The number of hydrogen-bond donors (Lipinski definition) is 2. The van der Waals surface area contributed by atoms with Crippen LogP contribution < -0.4 is 10.6 Å². The largest absolute Gasteiger partial charge is 0.326 e. The molecule has 96 valence electrons. The van der Waals surface area contributed by atoms with Crippen molar-refractivity contribution in [3.05, 3.63) is 29.3 Å². The maximum Gasteiger partial charge on any atom is 0.227 e.